The number of aliphatic imine (C=N–C) groups is 1. The topological polar surface area (TPSA) is 79.2 Å². The van der Waals surface area contributed by atoms with Gasteiger partial charge in [0, 0.05) is 22.0 Å². The Labute approximate surface area is 171 Å². The van der Waals surface area contributed by atoms with Crippen LogP contribution in [-0.4, -0.2) is 15.1 Å². The molecule has 3 rings (SSSR count). The maximum atomic E-state index is 8.20. The Morgan fingerprint density at radius 1 is 1.22 bits per heavy atom. The molecular weight excluding hydrogens is 405 g/mol. The van der Waals surface area contributed by atoms with Crippen LogP contribution in [0, 0.1) is 12.3 Å². The van der Waals surface area contributed by atoms with E-state index in [9.17, 15) is 0 Å². The van der Waals surface area contributed by atoms with Gasteiger partial charge in [-0.3, -0.25) is 5.41 Å². The van der Waals surface area contributed by atoms with Gasteiger partial charge in [-0.15, -0.1) is 0 Å². The number of anilines is 1. The number of halogens is 2. The van der Waals surface area contributed by atoms with Gasteiger partial charge in [-0.1, -0.05) is 60.7 Å². The van der Waals surface area contributed by atoms with E-state index in [-0.39, 0.29) is 5.41 Å². The van der Waals surface area contributed by atoms with E-state index in [1.54, 1.807) is 34.3 Å². The SMILES string of the molecule is Cc1cc(=N)n(C(=Nc2cc(C(C)(C)C)on2)Nc2ccc(Cl)c(Cl)c2)s1. The van der Waals surface area contributed by atoms with Crippen molar-refractivity contribution in [2.24, 2.45) is 4.99 Å². The van der Waals surface area contributed by atoms with Gasteiger partial charge in [0.1, 0.15) is 11.2 Å². The fraction of sp³-hybridized carbons (Fsp3) is 0.278. The molecule has 2 aromatic heterocycles. The first-order valence-corrected chi connectivity index (χ1v) is 9.69. The van der Waals surface area contributed by atoms with Gasteiger partial charge in [0.2, 0.25) is 5.96 Å². The largest absolute Gasteiger partial charge is 0.359 e. The first kappa shape index (κ1) is 19.7. The van der Waals surface area contributed by atoms with Gasteiger partial charge >= 0.3 is 0 Å². The Kier molecular flexibility index (Phi) is 5.46. The molecule has 0 fully saturated rings. The minimum Gasteiger partial charge on any atom is -0.359 e. The Hall–Kier alpha value is -2.09. The molecule has 0 bridgehead atoms. The van der Waals surface area contributed by atoms with E-state index in [4.69, 9.17) is 33.1 Å². The monoisotopic (exact) mass is 423 g/mol. The highest BCUT2D eigenvalue weighted by Gasteiger charge is 2.20. The Bertz CT molecular complexity index is 1060. The quantitative estimate of drug-likeness (QED) is 0.417. The Morgan fingerprint density at radius 2 is 1.96 bits per heavy atom. The van der Waals surface area contributed by atoms with Crippen LogP contribution < -0.4 is 10.8 Å². The standard InChI is InChI=1S/C18H19Cl2N5OS/c1-10-7-15(21)25(27-10)17(22-11-5-6-12(19)13(20)8-11)23-16-9-14(26-24-16)18(2,3)4/h5-9,21H,1-4H3,(H,22,23,24). The van der Waals surface area contributed by atoms with E-state index in [1.807, 2.05) is 27.7 Å². The number of nitrogens with zero attached hydrogens (tertiary/aromatic N) is 3. The molecular formula is C18H19Cl2N5OS. The molecule has 27 heavy (non-hydrogen) atoms. The third-order valence-electron chi connectivity index (χ3n) is 3.62. The zero-order chi connectivity index (χ0) is 19.8. The highest BCUT2D eigenvalue weighted by atomic mass is 35.5. The van der Waals surface area contributed by atoms with Crippen molar-refractivity contribution in [3.63, 3.8) is 0 Å². The van der Waals surface area contributed by atoms with Crippen molar-refractivity contribution in [3.8, 4) is 0 Å². The summed E-state index contributed by atoms with van der Waals surface area (Å²) in [6, 6.07) is 8.75. The summed E-state index contributed by atoms with van der Waals surface area (Å²) in [7, 11) is 0. The van der Waals surface area contributed by atoms with E-state index in [2.05, 4.69) is 15.5 Å². The lowest BCUT2D eigenvalue weighted by atomic mass is 9.93. The molecule has 0 aliphatic rings. The summed E-state index contributed by atoms with van der Waals surface area (Å²) in [6.45, 7) is 8.04. The van der Waals surface area contributed by atoms with Crippen LogP contribution in [0.1, 0.15) is 31.4 Å². The van der Waals surface area contributed by atoms with E-state index in [0.717, 1.165) is 10.6 Å². The lowest BCUT2D eigenvalue weighted by molar-refractivity contribution is 0.330. The molecule has 0 aliphatic heterocycles. The fourth-order valence-electron chi connectivity index (χ4n) is 2.24. The van der Waals surface area contributed by atoms with Crippen molar-refractivity contribution in [2.45, 2.75) is 33.1 Å². The molecule has 0 unspecified atom stereocenters. The van der Waals surface area contributed by atoms with Crippen molar-refractivity contribution < 1.29 is 4.52 Å². The van der Waals surface area contributed by atoms with Gasteiger partial charge in [-0.2, -0.15) is 4.99 Å². The molecule has 9 heteroatoms. The molecule has 0 aliphatic carbocycles. The van der Waals surface area contributed by atoms with Crippen molar-refractivity contribution in [1.29, 1.82) is 5.41 Å². The smallest absolute Gasteiger partial charge is 0.225 e. The van der Waals surface area contributed by atoms with Crippen LogP contribution in [0.5, 0.6) is 0 Å². The average Bonchev–Trinajstić information content (AvgIpc) is 3.16. The second-order valence-electron chi connectivity index (χ2n) is 7.01. The van der Waals surface area contributed by atoms with Gasteiger partial charge in [0.05, 0.1) is 10.0 Å². The summed E-state index contributed by atoms with van der Waals surface area (Å²) in [6.07, 6.45) is 0. The first-order chi connectivity index (χ1) is 12.6. The minimum atomic E-state index is -0.175. The fourth-order valence-corrected chi connectivity index (χ4v) is 3.31. The maximum Gasteiger partial charge on any atom is 0.225 e. The van der Waals surface area contributed by atoms with Crippen LogP contribution in [0.25, 0.3) is 0 Å². The van der Waals surface area contributed by atoms with Crippen molar-refractivity contribution in [1.82, 2.24) is 9.11 Å². The first-order valence-electron chi connectivity index (χ1n) is 8.16. The Balaban J connectivity index is 2.04. The van der Waals surface area contributed by atoms with Crippen molar-refractivity contribution >= 4 is 52.2 Å². The number of benzene rings is 1. The van der Waals surface area contributed by atoms with E-state index in [1.165, 1.54) is 11.5 Å². The number of aryl methyl sites for hydroxylation is 1. The Morgan fingerprint density at radius 3 is 2.52 bits per heavy atom. The lowest BCUT2D eigenvalue weighted by Gasteiger charge is -2.12. The summed E-state index contributed by atoms with van der Waals surface area (Å²) in [5, 5.41) is 16.3. The second kappa shape index (κ2) is 7.50. The summed E-state index contributed by atoms with van der Waals surface area (Å²) in [5.41, 5.74) is 0.828. The minimum absolute atomic E-state index is 0.175. The summed E-state index contributed by atoms with van der Waals surface area (Å²) < 4.78 is 7.08. The van der Waals surface area contributed by atoms with E-state index >= 15 is 0 Å². The maximum absolute atomic E-state index is 8.20. The molecule has 2 heterocycles. The van der Waals surface area contributed by atoms with Crippen molar-refractivity contribution in [3.05, 3.63) is 56.5 Å². The predicted octanol–water partition coefficient (Wildman–Crippen LogP) is 5.58. The molecule has 0 spiro atoms. The van der Waals surface area contributed by atoms with Gasteiger partial charge in [-0.05, 0) is 31.2 Å². The normalized spacial score (nSPS) is 12.4. The molecule has 0 saturated heterocycles. The molecule has 0 saturated carbocycles. The van der Waals surface area contributed by atoms with Gasteiger partial charge in [-0.25, -0.2) is 3.96 Å². The van der Waals surface area contributed by atoms with Crippen LogP contribution in [0.15, 0.2) is 39.8 Å². The van der Waals surface area contributed by atoms with E-state index in [0.29, 0.717) is 33.0 Å². The van der Waals surface area contributed by atoms with Gasteiger partial charge in [0.25, 0.3) is 0 Å². The molecule has 6 nitrogen and oxygen atoms in total. The molecule has 2 N–H and O–H groups in total. The highest BCUT2D eigenvalue weighted by Crippen LogP contribution is 2.27. The third kappa shape index (κ3) is 4.61. The zero-order valence-corrected chi connectivity index (χ0v) is 17.6. The van der Waals surface area contributed by atoms with Gasteiger partial charge in [0.15, 0.2) is 5.82 Å². The lowest BCUT2D eigenvalue weighted by Crippen LogP contribution is -2.28. The molecule has 142 valence electrons. The number of hydrogen-bond donors (Lipinski definition) is 2. The van der Waals surface area contributed by atoms with Crippen LogP contribution in [0.2, 0.25) is 10.0 Å². The number of rotatable bonds is 2. The molecule has 3 aromatic rings. The van der Waals surface area contributed by atoms with Crippen LogP contribution in [0.4, 0.5) is 11.5 Å². The van der Waals surface area contributed by atoms with Crippen LogP contribution in [0.3, 0.4) is 0 Å². The molecule has 1 aromatic carbocycles. The number of hydrogen-bond acceptors (Lipinski definition) is 5. The van der Waals surface area contributed by atoms with E-state index < -0.39 is 0 Å². The zero-order valence-electron chi connectivity index (χ0n) is 15.3. The highest BCUT2D eigenvalue weighted by molar-refractivity contribution is 7.07. The molecule has 0 atom stereocenters. The number of nitrogens with one attached hydrogen (secondary N) is 2. The molecule has 0 radical (unpaired) electrons. The summed E-state index contributed by atoms with van der Waals surface area (Å²) >= 11 is 13.5. The van der Waals surface area contributed by atoms with Crippen molar-refractivity contribution in [2.75, 3.05) is 5.32 Å². The third-order valence-corrected chi connectivity index (χ3v) is 5.32. The second-order valence-corrected chi connectivity index (χ2v) is 9.02. The summed E-state index contributed by atoms with van der Waals surface area (Å²) in [4.78, 5) is 5.55. The summed E-state index contributed by atoms with van der Waals surface area (Å²) in [5.74, 6) is 1.57. The molecule has 0 amide bonds. The number of aromatic nitrogens is 2. The van der Waals surface area contributed by atoms with Crippen LogP contribution in [-0.2, 0) is 5.41 Å². The predicted molar refractivity (Wildman–Crippen MR) is 111 cm³/mol. The van der Waals surface area contributed by atoms with Crippen LogP contribution >= 0.6 is 34.7 Å². The van der Waals surface area contributed by atoms with Gasteiger partial charge < -0.3 is 9.84 Å². The average molecular weight is 424 g/mol.